The Bertz CT molecular complexity index is 1420. The summed E-state index contributed by atoms with van der Waals surface area (Å²) in [5.74, 6) is -0.112. The molecule has 41 heavy (non-hydrogen) atoms. The van der Waals surface area contributed by atoms with Crippen molar-refractivity contribution in [2.24, 2.45) is 23.3 Å². The van der Waals surface area contributed by atoms with Crippen molar-refractivity contribution in [3.05, 3.63) is 72.4 Å². The maximum Gasteiger partial charge on any atom is 0.240 e. The van der Waals surface area contributed by atoms with E-state index in [0.29, 0.717) is 24.0 Å². The largest absolute Gasteiger partial charge is 0.493 e. The molecule has 0 saturated heterocycles. The van der Waals surface area contributed by atoms with Crippen LogP contribution in [0.25, 0.3) is 22.5 Å². The normalized spacial score (nSPS) is 17.3. The van der Waals surface area contributed by atoms with Gasteiger partial charge in [-0.05, 0) is 84.8 Å². The number of nitrogens with one attached hydrogen (secondary N) is 1. The summed E-state index contributed by atoms with van der Waals surface area (Å²) < 4.78 is 0. The average molecular weight is 577 g/mol. The predicted molar refractivity (Wildman–Crippen MR) is 157 cm³/mol. The van der Waals surface area contributed by atoms with Crippen LogP contribution in [-0.2, 0) is 16.0 Å². The molecule has 1 atom stereocenters. The van der Waals surface area contributed by atoms with E-state index < -0.39 is 11.9 Å². The van der Waals surface area contributed by atoms with Crippen LogP contribution in [-0.4, -0.2) is 55.1 Å². The Morgan fingerprint density at radius 2 is 1.61 bits per heavy atom. The standard InChI is InChI=1S/C29H32N8O3.ClH/c30-16-19-3-7-22(8-4-19)29(40)37(24-12-9-21(10-13-24)28-33-35-36-34-28)25(27(31)39)15-18-1-5-20(6-2-18)23-11-14-26(38)32-17-23;/h1-2,5-6,9-14,17,19,22,25H,3-4,7-8,15-16,30H2,(H2,31,39)(H,32,38)(H,33,34,35,36);1H/t19-,22-,25-;/m0./s1. The number of carbonyl (C=O) groups excluding carboxylic acids is 2. The number of anilines is 1. The molecule has 214 valence electrons. The Balaban J connectivity index is 0.00000387. The molecule has 0 radical (unpaired) electrons. The van der Waals surface area contributed by atoms with Crippen LogP contribution in [0.5, 0.6) is 5.88 Å². The van der Waals surface area contributed by atoms with E-state index in [1.807, 2.05) is 24.3 Å². The number of benzene rings is 2. The molecule has 2 amide bonds. The minimum Gasteiger partial charge on any atom is -0.493 e. The summed E-state index contributed by atoms with van der Waals surface area (Å²) in [4.78, 5) is 32.5. The van der Waals surface area contributed by atoms with Crippen LogP contribution in [0.3, 0.4) is 0 Å². The van der Waals surface area contributed by atoms with Crippen molar-refractivity contribution in [2.45, 2.75) is 38.1 Å². The number of amides is 2. The highest BCUT2D eigenvalue weighted by Gasteiger charge is 2.36. The fourth-order valence-corrected chi connectivity index (χ4v) is 5.29. The zero-order chi connectivity index (χ0) is 28.1. The van der Waals surface area contributed by atoms with Gasteiger partial charge in [-0.2, -0.15) is 5.21 Å². The Kier molecular flexibility index (Phi) is 9.64. The number of hydrogen-bond donors (Lipinski definition) is 4. The minimum absolute atomic E-state index is 0. The molecule has 11 nitrogen and oxygen atoms in total. The number of aromatic amines is 1. The lowest BCUT2D eigenvalue weighted by Crippen LogP contribution is -2.52. The molecule has 6 N–H and O–H groups in total. The van der Waals surface area contributed by atoms with Gasteiger partial charge in [0.05, 0.1) is 0 Å². The smallest absolute Gasteiger partial charge is 0.240 e. The molecule has 1 fully saturated rings. The van der Waals surface area contributed by atoms with Crippen molar-refractivity contribution in [2.75, 3.05) is 11.4 Å². The molecule has 5 rings (SSSR count). The Morgan fingerprint density at radius 3 is 2.17 bits per heavy atom. The molecule has 12 heteroatoms. The van der Waals surface area contributed by atoms with Crippen molar-refractivity contribution < 1.29 is 14.7 Å². The van der Waals surface area contributed by atoms with Gasteiger partial charge in [0.15, 0.2) is 0 Å². The van der Waals surface area contributed by atoms with Crippen LogP contribution in [0.4, 0.5) is 5.69 Å². The molecule has 4 aromatic rings. The summed E-state index contributed by atoms with van der Waals surface area (Å²) in [5, 5.41) is 23.5. The van der Waals surface area contributed by atoms with Gasteiger partial charge in [0, 0.05) is 41.4 Å². The summed E-state index contributed by atoms with van der Waals surface area (Å²) in [6, 6.07) is 17.2. The third-order valence-electron chi connectivity index (χ3n) is 7.62. The number of tetrazole rings is 1. The van der Waals surface area contributed by atoms with E-state index in [9.17, 15) is 14.7 Å². The SMILES string of the molecule is Cl.NC[C@H]1CC[C@H](C(=O)N(c2ccc(-c3nn[nH]n3)cc2)[C@@H](Cc2ccc(-c3ccc(O)nc3)cc2)C(N)=O)CC1. The first-order valence-corrected chi connectivity index (χ1v) is 13.3. The Hall–Kier alpha value is -4.35. The molecule has 0 aliphatic heterocycles. The van der Waals surface area contributed by atoms with Crippen molar-refractivity contribution >= 4 is 29.9 Å². The molecule has 1 aliphatic rings. The van der Waals surface area contributed by atoms with Gasteiger partial charge in [-0.1, -0.05) is 24.3 Å². The minimum atomic E-state index is -0.892. The fourth-order valence-electron chi connectivity index (χ4n) is 5.29. The van der Waals surface area contributed by atoms with Gasteiger partial charge >= 0.3 is 0 Å². The van der Waals surface area contributed by atoms with Crippen LogP contribution >= 0.6 is 12.4 Å². The lowest BCUT2D eigenvalue weighted by Gasteiger charge is -2.35. The maximum atomic E-state index is 14.0. The Morgan fingerprint density at radius 1 is 0.951 bits per heavy atom. The van der Waals surface area contributed by atoms with Crippen LogP contribution in [0, 0.1) is 11.8 Å². The summed E-state index contributed by atoms with van der Waals surface area (Å²) >= 11 is 0. The second kappa shape index (κ2) is 13.3. The lowest BCUT2D eigenvalue weighted by molar-refractivity contribution is -0.127. The zero-order valence-corrected chi connectivity index (χ0v) is 23.2. The number of hydrogen-bond acceptors (Lipinski definition) is 8. The summed E-state index contributed by atoms with van der Waals surface area (Å²) in [6.07, 6.45) is 5.05. The summed E-state index contributed by atoms with van der Waals surface area (Å²) in [7, 11) is 0. The monoisotopic (exact) mass is 576 g/mol. The third kappa shape index (κ3) is 6.87. The number of nitrogens with two attached hydrogens (primary N) is 2. The van der Waals surface area contributed by atoms with Crippen molar-refractivity contribution in [3.63, 3.8) is 0 Å². The van der Waals surface area contributed by atoms with Crippen molar-refractivity contribution in [1.82, 2.24) is 25.6 Å². The molecular formula is C29H33ClN8O3. The van der Waals surface area contributed by atoms with E-state index in [-0.39, 0.29) is 36.5 Å². The van der Waals surface area contributed by atoms with E-state index in [4.69, 9.17) is 11.5 Å². The number of carbonyl (C=O) groups is 2. The molecule has 0 unspecified atom stereocenters. The lowest BCUT2D eigenvalue weighted by atomic mass is 9.81. The van der Waals surface area contributed by atoms with Gasteiger partial charge in [0.2, 0.25) is 23.5 Å². The van der Waals surface area contributed by atoms with Gasteiger partial charge in [-0.3, -0.25) is 14.5 Å². The summed E-state index contributed by atoms with van der Waals surface area (Å²) in [5.41, 5.74) is 15.7. The number of nitrogens with zero attached hydrogens (tertiary/aromatic N) is 5. The van der Waals surface area contributed by atoms with Gasteiger partial charge in [-0.25, -0.2) is 4.98 Å². The predicted octanol–water partition coefficient (Wildman–Crippen LogP) is 3.25. The number of primary amides is 1. The number of H-pyrrole nitrogens is 1. The number of aromatic nitrogens is 5. The van der Waals surface area contributed by atoms with Crippen LogP contribution in [0.15, 0.2) is 66.9 Å². The van der Waals surface area contributed by atoms with Crippen molar-refractivity contribution in [1.29, 1.82) is 0 Å². The highest BCUT2D eigenvalue weighted by Crippen LogP contribution is 2.33. The second-order valence-electron chi connectivity index (χ2n) is 10.2. The first kappa shape index (κ1) is 29.6. The third-order valence-corrected chi connectivity index (χ3v) is 7.62. The van der Waals surface area contributed by atoms with Crippen LogP contribution < -0.4 is 16.4 Å². The van der Waals surface area contributed by atoms with E-state index in [1.54, 1.807) is 41.4 Å². The number of pyridine rings is 1. The highest BCUT2D eigenvalue weighted by molar-refractivity contribution is 6.01. The highest BCUT2D eigenvalue weighted by atomic mass is 35.5. The number of rotatable bonds is 9. The van der Waals surface area contributed by atoms with Gasteiger partial charge in [0.1, 0.15) is 6.04 Å². The van der Waals surface area contributed by atoms with Crippen molar-refractivity contribution in [3.8, 4) is 28.4 Å². The molecule has 0 bridgehead atoms. The maximum absolute atomic E-state index is 14.0. The van der Waals surface area contributed by atoms with E-state index in [2.05, 4.69) is 25.6 Å². The molecule has 2 aromatic carbocycles. The average Bonchev–Trinajstić information content (AvgIpc) is 3.53. The first-order valence-electron chi connectivity index (χ1n) is 13.3. The van der Waals surface area contributed by atoms with Gasteiger partial charge < -0.3 is 16.6 Å². The van der Waals surface area contributed by atoms with E-state index in [0.717, 1.165) is 47.9 Å². The number of aromatic hydroxyl groups is 1. The van der Waals surface area contributed by atoms with Crippen LogP contribution in [0.1, 0.15) is 31.2 Å². The van der Waals surface area contributed by atoms with Crippen LogP contribution in [0.2, 0.25) is 0 Å². The first-order chi connectivity index (χ1) is 19.4. The topological polar surface area (TPSA) is 177 Å². The number of halogens is 1. The van der Waals surface area contributed by atoms with Gasteiger partial charge in [-0.15, -0.1) is 22.6 Å². The molecule has 2 heterocycles. The Labute approximate surface area is 243 Å². The zero-order valence-electron chi connectivity index (χ0n) is 22.4. The molecule has 1 aliphatic carbocycles. The molecule has 0 spiro atoms. The summed E-state index contributed by atoms with van der Waals surface area (Å²) in [6.45, 7) is 0.613. The molecular weight excluding hydrogens is 544 g/mol. The molecule has 2 aromatic heterocycles. The van der Waals surface area contributed by atoms with E-state index in [1.165, 1.54) is 6.07 Å². The van der Waals surface area contributed by atoms with E-state index >= 15 is 0 Å². The fraction of sp³-hybridized carbons (Fsp3) is 0.310. The quantitative estimate of drug-likeness (QED) is 0.234. The molecule has 1 saturated carbocycles. The second-order valence-corrected chi connectivity index (χ2v) is 10.2. The van der Waals surface area contributed by atoms with Gasteiger partial charge in [0.25, 0.3) is 0 Å².